The summed E-state index contributed by atoms with van der Waals surface area (Å²) in [6.45, 7) is 5.10. The molecule has 12 heteroatoms. The Labute approximate surface area is 381 Å². The van der Waals surface area contributed by atoms with Gasteiger partial charge in [0.25, 0.3) is 5.91 Å². The van der Waals surface area contributed by atoms with Crippen LogP contribution in [0.2, 0.25) is 0 Å². The molecule has 0 aromatic heterocycles. The van der Waals surface area contributed by atoms with Crippen molar-refractivity contribution in [2.45, 2.75) is 88.2 Å². The van der Waals surface area contributed by atoms with E-state index in [1.54, 1.807) is 36.2 Å². The Morgan fingerprint density at radius 3 is 2.40 bits per heavy atom. The molecule has 4 aromatic carbocycles. The van der Waals surface area contributed by atoms with E-state index in [1.165, 1.54) is 0 Å². The number of oxime groups is 1. The average molecular weight is 885 g/mol. The summed E-state index contributed by atoms with van der Waals surface area (Å²) in [6.07, 6.45) is 11.1. The Kier molecular flexibility index (Phi) is 13.9. The topological polar surface area (TPSA) is 138 Å². The van der Waals surface area contributed by atoms with E-state index in [4.69, 9.17) is 38.4 Å². The van der Waals surface area contributed by atoms with Gasteiger partial charge in [0.05, 0.1) is 24.8 Å². The van der Waals surface area contributed by atoms with Gasteiger partial charge in [-0.15, -0.1) is 6.58 Å². The van der Waals surface area contributed by atoms with Crippen molar-refractivity contribution in [3.05, 3.63) is 126 Å². The molecule has 65 heavy (non-hydrogen) atoms. The molecule has 1 amide bonds. The van der Waals surface area contributed by atoms with Crippen molar-refractivity contribution >= 4 is 11.6 Å². The number of amides is 1. The van der Waals surface area contributed by atoms with Crippen molar-refractivity contribution in [2.75, 3.05) is 40.3 Å². The number of fused-ring (bicyclic) bond motifs is 3. The number of likely N-dealkylation sites (N-methyl/N-ethyl adjacent to an activating group) is 1. The molecule has 1 saturated carbocycles. The molecule has 12 nitrogen and oxygen atoms in total. The first-order valence-corrected chi connectivity index (χ1v) is 23.3. The first kappa shape index (κ1) is 44.5. The summed E-state index contributed by atoms with van der Waals surface area (Å²) in [5.41, 5.74) is 5.29. The highest BCUT2D eigenvalue weighted by Gasteiger charge is 2.65. The molecular weight excluding hydrogens is 825 g/mol. The lowest BCUT2D eigenvalue weighted by molar-refractivity contribution is -0.252. The third-order valence-electron chi connectivity index (χ3n) is 13.7. The number of hydrogen-bond donors (Lipinski definition) is 2. The van der Waals surface area contributed by atoms with Crippen LogP contribution in [0, 0.1) is 17.8 Å². The van der Waals surface area contributed by atoms with Gasteiger partial charge < -0.3 is 48.4 Å². The number of nitrogens with zero attached hydrogens (tertiary/aromatic N) is 2. The molecule has 3 aliphatic heterocycles. The summed E-state index contributed by atoms with van der Waals surface area (Å²) >= 11 is 0. The predicted octanol–water partition coefficient (Wildman–Crippen LogP) is 9.81. The van der Waals surface area contributed by atoms with Crippen molar-refractivity contribution in [1.82, 2.24) is 4.90 Å². The molecule has 5 aliphatic rings. The van der Waals surface area contributed by atoms with Crippen LogP contribution in [-0.4, -0.2) is 85.1 Å². The molecule has 3 heterocycles. The number of carbonyl (C=O) groups excluding carboxylic acids is 1. The number of ether oxygens (including phenoxy) is 6. The fourth-order valence-corrected chi connectivity index (χ4v) is 10.6. The fourth-order valence-electron chi connectivity index (χ4n) is 10.6. The van der Waals surface area contributed by atoms with Crippen molar-refractivity contribution in [3.8, 4) is 39.9 Å². The second-order valence-electron chi connectivity index (χ2n) is 17.7. The molecule has 2 N–H and O–H groups in total. The number of rotatable bonds is 18. The zero-order chi connectivity index (χ0) is 44.8. The Hall–Kier alpha value is -5.66. The zero-order valence-corrected chi connectivity index (χ0v) is 37.1. The van der Waals surface area contributed by atoms with Gasteiger partial charge in [0.2, 0.25) is 18.9 Å². The number of aliphatic hydroxyl groups excluding tert-OH is 2. The number of allylic oxidation sites excluding steroid dienone is 1. The SMILES string of the molecule is C=CCOC12Oc3ccc(Oc4ccc(-c5ccccc5)cc4)cc3C3C(CCCCO)C(CCCCO)C=C(C(=NOC4CCCCO4)CC1N(C)C(=O)c1ccc4c(c1)OCO4)C32. The molecule has 0 bridgehead atoms. The minimum Gasteiger partial charge on any atom is -0.459 e. The van der Waals surface area contributed by atoms with Crippen molar-refractivity contribution in [2.24, 2.45) is 22.9 Å². The number of benzene rings is 4. The van der Waals surface area contributed by atoms with E-state index in [0.717, 1.165) is 67.2 Å². The van der Waals surface area contributed by atoms with Gasteiger partial charge in [0.1, 0.15) is 23.3 Å². The molecule has 4 aromatic rings. The normalized spacial score (nSPS) is 25.7. The molecular formula is C53H60N2O10. The minimum atomic E-state index is -1.40. The van der Waals surface area contributed by atoms with Gasteiger partial charge in [-0.1, -0.05) is 72.6 Å². The van der Waals surface area contributed by atoms with Crippen LogP contribution in [0.3, 0.4) is 0 Å². The fraction of sp³-hybridized carbons (Fsp3) is 0.434. The van der Waals surface area contributed by atoms with E-state index >= 15 is 0 Å². The first-order chi connectivity index (χ1) is 31.9. The van der Waals surface area contributed by atoms with E-state index in [-0.39, 0.29) is 56.7 Å². The van der Waals surface area contributed by atoms with Crippen LogP contribution < -0.4 is 18.9 Å². The monoisotopic (exact) mass is 884 g/mol. The highest BCUT2D eigenvalue weighted by molar-refractivity contribution is 6.03. The van der Waals surface area contributed by atoms with Gasteiger partial charge in [-0.3, -0.25) is 4.79 Å². The van der Waals surface area contributed by atoms with Crippen LogP contribution >= 0.6 is 0 Å². The van der Waals surface area contributed by atoms with E-state index in [0.29, 0.717) is 59.5 Å². The molecule has 342 valence electrons. The average Bonchev–Trinajstić information content (AvgIpc) is 3.83. The Balaban J connectivity index is 1.18. The predicted molar refractivity (Wildman–Crippen MR) is 246 cm³/mol. The largest absolute Gasteiger partial charge is 0.459 e. The van der Waals surface area contributed by atoms with Crippen molar-refractivity contribution in [3.63, 3.8) is 0 Å². The van der Waals surface area contributed by atoms with Crippen LogP contribution in [0.5, 0.6) is 28.7 Å². The molecule has 7 atom stereocenters. The molecule has 0 radical (unpaired) electrons. The molecule has 1 saturated heterocycles. The van der Waals surface area contributed by atoms with Gasteiger partial charge in [-0.2, -0.15) is 0 Å². The standard InChI is InChI=1S/C53H60N2O10/c1-3-28-62-53-48(55(2)52(58)38-20-24-46-47(31-38)61-34-60-46)33-44(54-65-49-17-9-12-29-59-49)42-30-37(15-7-10-26-56)41(16-8-11-27-57)50(51(42)53)43-32-40(23-25-45(43)64-53)63-39-21-18-36(19-22-39)35-13-5-4-6-14-35/h3-6,13-14,18-25,30-32,37,41,48-51,56-57H,1,7-12,15-17,26-29,33-34H2,2H3. The summed E-state index contributed by atoms with van der Waals surface area (Å²) in [5.74, 6) is 0.915. The summed E-state index contributed by atoms with van der Waals surface area (Å²) in [6, 6.07) is 28.9. The van der Waals surface area contributed by atoms with Crippen LogP contribution in [0.15, 0.2) is 120 Å². The van der Waals surface area contributed by atoms with Crippen LogP contribution in [0.1, 0.15) is 86.0 Å². The van der Waals surface area contributed by atoms with E-state index in [9.17, 15) is 15.0 Å². The summed E-state index contributed by atoms with van der Waals surface area (Å²) in [5, 5.41) is 24.9. The number of carbonyl (C=O) groups is 1. The van der Waals surface area contributed by atoms with Gasteiger partial charge in [0, 0.05) is 50.1 Å². The third-order valence-corrected chi connectivity index (χ3v) is 13.7. The van der Waals surface area contributed by atoms with Crippen LogP contribution in [0.25, 0.3) is 11.1 Å². The molecule has 2 fully saturated rings. The molecule has 0 spiro atoms. The van der Waals surface area contributed by atoms with Gasteiger partial charge >= 0.3 is 0 Å². The maximum atomic E-state index is 14.8. The first-order valence-electron chi connectivity index (χ1n) is 23.3. The lowest BCUT2D eigenvalue weighted by atomic mass is 9.55. The Bertz CT molecular complexity index is 2340. The second kappa shape index (κ2) is 20.2. The lowest BCUT2D eigenvalue weighted by Crippen LogP contribution is -2.69. The zero-order valence-electron chi connectivity index (χ0n) is 37.1. The van der Waals surface area contributed by atoms with Crippen LogP contribution in [-0.2, 0) is 14.3 Å². The van der Waals surface area contributed by atoms with E-state index in [1.807, 2.05) is 42.5 Å². The summed E-state index contributed by atoms with van der Waals surface area (Å²) < 4.78 is 38.4. The second-order valence-corrected chi connectivity index (χ2v) is 17.7. The number of unbranched alkanes of at least 4 members (excludes halogenated alkanes) is 2. The summed E-state index contributed by atoms with van der Waals surface area (Å²) in [4.78, 5) is 22.8. The van der Waals surface area contributed by atoms with E-state index in [2.05, 4.69) is 43.0 Å². The quantitative estimate of drug-likeness (QED) is 0.0565. The maximum Gasteiger partial charge on any atom is 0.254 e. The number of hydrogen-bond acceptors (Lipinski definition) is 11. The maximum absolute atomic E-state index is 14.8. The van der Waals surface area contributed by atoms with E-state index < -0.39 is 24.0 Å². The lowest BCUT2D eigenvalue weighted by Gasteiger charge is -2.59. The highest BCUT2D eigenvalue weighted by atomic mass is 16.8. The third kappa shape index (κ3) is 9.27. The number of aliphatic hydroxyl groups is 2. The molecule has 7 unspecified atom stereocenters. The smallest absolute Gasteiger partial charge is 0.254 e. The summed E-state index contributed by atoms with van der Waals surface area (Å²) in [7, 11) is 1.79. The molecule has 2 aliphatic carbocycles. The van der Waals surface area contributed by atoms with Crippen LogP contribution in [0.4, 0.5) is 0 Å². The van der Waals surface area contributed by atoms with Crippen molar-refractivity contribution < 1.29 is 48.3 Å². The molecule has 9 rings (SSSR count). The van der Waals surface area contributed by atoms with Crippen molar-refractivity contribution in [1.29, 1.82) is 0 Å². The minimum absolute atomic E-state index is 0.0567. The van der Waals surface area contributed by atoms with Gasteiger partial charge in [-0.05, 0) is 116 Å². The Morgan fingerprint density at radius 1 is 0.877 bits per heavy atom. The highest BCUT2D eigenvalue weighted by Crippen LogP contribution is 2.62. The Morgan fingerprint density at radius 2 is 1.63 bits per heavy atom. The van der Waals surface area contributed by atoms with Gasteiger partial charge in [0.15, 0.2) is 11.5 Å². The van der Waals surface area contributed by atoms with Gasteiger partial charge in [-0.25, -0.2) is 0 Å².